The van der Waals surface area contributed by atoms with Gasteiger partial charge in [-0.25, -0.2) is 0 Å². The third-order valence-corrected chi connectivity index (χ3v) is 2.90. The van der Waals surface area contributed by atoms with E-state index < -0.39 is 5.97 Å². The Hall–Kier alpha value is -1.36. The lowest BCUT2D eigenvalue weighted by molar-refractivity contribution is -0.144. The van der Waals surface area contributed by atoms with Gasteiger partial charge in [0.05, 0.1) is 0 Å². The maximum Gasteiger partial charge on any atom is 0.323 e. The summed E-state index contributed by atoms with van der Waals surface area (Å²) in [5.41, 5.74) is 0.912. The number of carbonyl (C=O) groups excluding carboxylic acids is 1. The first-order valence-corrected chi connectivity index (χ1v) is 6.56. The van der Waals surface area contributed by atoms with E-state index in [9.17, 15) is 9.59 Å². The number of aliphatic carboxylic acids is 1. The van der Waals surface area contributed by atoms with Gasteiger partial charge in [0.15, 0.2) is 0 Å². The highest BCUT2D eigenvalue weighted by Crippen LogP contribution is 2.14. The lowest BCUT2D eigenvalue weighted by atomic mass is 10.2. The van der Waals surface area contributed by atoms with Crippen LogP contribution >= 0.6 is 15.9 Å². The molecule has 98 valence electrons. The largest absolute Gasteiger partial charge is 0.480 e. The van der Waals surface area contributed by atoms with Crippen molar-refractivity contribution in [2.24, 2.45) is 0 Å². The fraction of sp³-hybridized carbons (Fsp3) is 0.385. The van der Waals surface area contributed by atoms with Crippen LogP contribution < -0.4 is 0 Å². The van der Waals surface area contributed by atoms with Crippen LogP contribution in [0.1, 0.15) is 25.3 Å². The summed E-state index contributed by atoms with van der Waals surface area (Å²) in [5.74, 6) is -1.12. The van der Waals surface area contributed by atoms with Gasteiger partial charge >= 0.3 is 5.97 Å². The summed E-state index contributed by atoms with van der Waals surface area (Å²) in [6.45, 7) is 1.96. The molecule has 1 aromatic rings. The number of hydrogen-bond acceptors (Lipinski definition) is 2. The summed E-state index contributed by atoms with van der Waals surface area (Å²) in [6, 6.07) is 7.51. The molecule has 1 amide bonds. The number of amides is 1. The number of benzene rings is 1. The van der Waals surface area contributed by atoms with E-state index in [1.54, 1.807) is 0 Å². The van der Waals surface area contributed by atoms with Crippen molar-refractivity contribution >= 4 is 27.8 Å². The average molecular weight is 314 g/mol. The third kappa shape index (κ3) is 4.87. The summed E-state index contributed by atoms with van der Waals surface area (Å²) in [7, 11) is 0. The molecule has 0 atom stereocenters. The van der Waals surface area contributed by atoms with E-state index >= 15 is 0 Å². The molecule has 4 nitrogen and oxygen atoms in total. The zero-order valence-electron chi connectivity index (χ0n) is 10.2. The minimum absolute atomic E-state index is 0.125. The van der Waals surface area contributed by atoms with Gasteiger partial charge in [-0.15, -0.1) is 0 Å². The van der Waals surface area contributed by atoms with Gasteiger partial charge in [0.2, 0.25) is 5.91 Å². The number of carbonyl (C=O) groups is 2. The zero-order chi connectivity index (χ0) is 13.5. The van der Waals surface area contributed by atoms with Gasteiger partial charge in [-0.05, 0) is 24.1 Å². The van der Waals surface area contributed by atoms with Gasteiger partial charge in [-0.3, -0.25) is 9.59 Å². The van der Waals surface area contributed by atoms with Crippen molar-refractivity contribution < 1.29 is 14.7 Å². The zero-order valence-corrected chi connectivity index (χ0v) is 11.8. The number of rotatable bonds is 6. The predicted octanol–water partition coefficient (Wildman–Crippen LogP) is 2.66. The first-order chi connectivity index (χ1) is 8.52. The smallest absolute Gasteiger partial charge is 0.323 e. The molecule has 1 N–H and O–H groups in total. The molecule has 0 aliphatic carbocycles. The molecule has 0 heterocycles. The molecule has 0 radical (unpaired) electrons. The van der Waals surface area contributed by atoms with Gasteiger partial charge in [0.25, 0.3) is 0 Å². The molecule has 0 fully saturated rings. The Morgan fingerprint density at radius 3 is 2.67 bits per heavy atom. The van der Waals surface area contributed by atoms with Crippen molar-refractivity contribution in [1.82, 2.24) is 4.90 Å². The Labute approximate surface area is 115 Å². The van der Waals surface area contributed by atoms with E-state index in [-0.39, 0.29) is 12.5 Å². The fourth-order valence-corrected chi connectivity index (χ4v) is 2.07. The van der Waals surface area contributed by atoms with Crippen LogP contribution in [-0.2, 0) is 16.1 Å². The summed E-state index contributed by atoms with van der Waals surface area (Å²) in [5, 5.41) is 8.83. The molecule has 18 heavy (non-hydrogen) atoms. The van der Waals surface area contributed by atoms with Gasteiger partial charge < -0.3 is 10.0 Å². The monoisotopic (exact) mass is 313 g/mol. The molecule has 0 aliphatic heterocycles. The predicted molar refractivity (Wildman–Crippen MR) is 72.1 cm³/mol. The maximum atomic E-state index is 11.8. The van der Waals surface area contributed by atoms with E-state index in [0.29, 0.717) is 19.4 Å². The van der Waals surface area contributed by atoms with Gasteiger partial charge in [-0.2, -0.15) is 0 Å². The Morgan fingerprint density at radius 2 is 2.11 bits per heavy atom. The van der Waals surface area contributed by atoms with E-state index in [0.717, 1.165) is 10.0 Å². The molecule has 0 aromatic heterocycles. The van der Waals surface area contributed by atoms with Crippen molar-refractivity contribution in [3.8, 4) is 0 Å². The van der Waals surface area contributed by atoms with Crippen LogP contribution in [0.25, 0.3) is 0 Å². The van der Waals surface area contributed by atoms with Crippen LogP contribution in [0, 0.1) is 0 Å². The average Bonchev–Trinajstić information content (AvgIpc) is 2.28. The SMILES string of the molecule is CCCC(=O)N(CC(=O)O)Cc1cccc(Br)c1. The second-order valence-electron chi connectivity index (χ2n) is 4.02. The summed E-state index contributed by atoms with van der Waals surface area (Å²) in [4.78, 5) is 24.0. The number of nitrogens with zero attached hydrogens (tertiary/aromatic N) is 1. The lowest BCUT2D eigenvalue weighted by Crippen LogP contribution is -2.34. The van der Waals surface area contributed by atoms with Gasteiger partial charge in [0, 0.05) is 17.4 Å². The summed E-state index contributed by atoms with van der Waals surface area (Å²) in [6.07, 6.45) is 1.09. The molecule has 0 bridgehead atoms. The highest BCUT2D eigenvalue weighted by atomic mass is 79.9. The van der Waals surface area contributed by atoms with Crippen LogP contribution in [0.15, 0.2) is 28.7 Å². The van der Waals surface area contributed by atoms with Crippen LogP contribution in [0.4, 0.5) is 0 Å². The maximum absolute atomic E-state index is 11.8. The summed E-state index contributed by atoms with van der Waals surface area (Å²) >= 11 is 3.35. The quantitative estimate of drug-likeness (QED) is 0.878. The first-order valence-electron chi connectivity index (χ1n) is 5.77. The first kappa shape index (κ1) is 14.7. The van der Waals surface area contributed by atoms with E-state index in [1.807, 2.05) is 31.2 Å². The molecular formula is C13H16BrNO3. The van der Waals surface area contributed by atoms with Gasteiger partial charge in [0.1, 0.15) is 6.54 Å². The Balaban J connectivity index is 2.77. The molecule has 0 unspecified atom stereocenters. The Morgan fingerprint density at radius 1 is 1.39 bits per heavy atom. The molecule has 1 rings (SSSR count). The number of halogens is 1. The lowest BCUT2D eigenvalue weighted by Gasteiger charge is -2.20. The molecule has 5 heteroatoms. The highest BCUT2D eigenvalue weighted by molar-refractivity contribution is 9.10. The van der Waals surface area contributed by atoms with Crippen molar-refractivity contribution in [1.29, 1.82) is 0 Å². The number of carboxylic acid groups (broad SMARTS) is 1. The van der Waals surface area contributed by atoms with E-state index in [2.05, 4.69) is 15.9 Å². The molecule has 0 saturated carbocycles. The standard InChI is InChI=1S/C13H16BrNO3/c1-2-4-12(16)15(9-13(17)18)8-10-5-3-6-11(14)7-10/h3,5-7H,2,4,8-9H2,1H3,(H,17,18). The molecule has 0 aliphatic rings. The third-order valence-electron chi connectivity index (χ3n) is 2.41. The fourth-order valence-electron chi connectivity index (χ4n) is 1.62. The molecule has 0 spiro atoms. The van der Waals surface area contributed by atoms with E-state index in [4.69, 9.17) is 5.11 Å². The van der Waals surface area contributed by atoms with Crippen LogP contribution in [0.5, 0.6) is 0 Å². The molecular weight excluding hydrogens is 298 g/mol. The van der Waals surface area contributed by atoms with Crippen molar-refractivity contribution in [3.63, 3.8) is 0 Å². The number of hydrogen-bond donors (Lipinski definition) is 1. The van der Waals surface area contributed by atoms with Crippen LogP contribution in [0.3, 0.4) is 0 Å². The van der Waals surface area contributed by atoms with Crippen LogP contribution in [0.2, 0.25) is 0 Å². The minimum Gasteiger partial charge on any atom is -0.480 e. The topological polar surface area (TPSA) is 57.6 Å². The van der Waals surface area contributed by atoms with Crippen molar-refractivity contribution in [2.45, 2.75) is 26.3 Å². The highest BCUT2D eigenvalue weighted by Gasteiger charge is 2.16. The minimum atomic E-state index is -0.991. The van der Waals surface area contributed by atoms with Crippen molar-refractivity contribution in [3.05, 3.63) is 34.3 Å². The number of carboxylic acids is 1. The Bertz CT molecular complexity index is 434. The van der Waals surface area contributed by atoms with Crippen molar-refractivity contribution in [2.75, 3.05) is 6.54 Å². The molecule has 1 aromatic carbocycles. The van der Waals surface area contributed by atoms with E-state index in [1.165, 1.54) is 4.90 Å². The molecule has 0 saturated heterocycles. The normalized spacial score (nSPS) is 10.1. The van der Waals surface area contributed by atoms with Crippen LogP contribution in [-0.4, -0.2) is 28.4 Å². The summed E-state index contributed by atoms with van der Waals surface area (Å²) < 4.78 is 0.915. The van der Waals surface area contributed by atoms with Gasteiger partial charge in [-0.1, -0.05) is 35.0 Å². The Kier molecular flexibility index (Phi) is 5.85. The second-order valence-corrected chi connectivity index (χ2v) is 4.94. The second kappa shape index (κ2) is 7.16.